The first-order chi connectivity index (χ1) is 4.33. The van der Waals surface area contributed by atoms with Crippen molar-refractivity contribution < 1.29 is 12.6 Å². The van der Waals surface area contributed by atoms with Crippen LogP contribution in [0.25, 0.3) is 0 Å². The van der Waals surface area contributed by atoms with Crippen molar-refractivity contribution in [2.45, 2.75) is 12.5 Å². The molecule has 9 heavy (non-hydrogen) atoms. The molecule has 5 heteroatoms. The second kappa shape index (κ2) is 3.51. The first-order valence-corrected chi connectivity index (χ1v) is 4.14. The number of hydrogen-bond donors (Lipinski definition) is 0. The minimum atomic E-state index is -1.55. The fourth-order valence-electron chi connectivity index (χ4n) is 0.537. The Morgan fingerprint density at radius 3 is 3.00 bits per heavy atom. The summed E-state index contributed by atoms with van der Waals surface area (Å²) in [4.78, 5) is 0. The van der Waals surface area contributed by atoms with Crippen LogP contribution in [-0.2, 0) is 19.7 Å². The Kier molecular flexibility index (Phi) is 2.91. The first kappa shape index (κ1) is 7.47. The molecule has 0 radical (unpaired) electrons. The number of rotatable bonds is 1. The molecule has 1 rings (SSSR count). The Balaban J connectivity index is 2.32. The molecule has 1 fully saturated rings. The molecule has 3 nitrogen and oxygen atoms in total. The van der Waals surface area contributed by atoms with Crippen molar-refractivity contribution >= 4 is 23.0 Å². The maximum absolute atomic E-state index is 10.4. The van der Waals surface area contributed by atoms with Crippen LogP contribution in [0.1, 0.15) is 6.42 Å². The van der Waals surface area contributed by atoms with Gasteiger partial charge in [0.2, 0.25) is 0 Å². The van der Waals surface area contributed by atoms with Crippen LogP contribution in [0.4, 0.5) is 0 Å². The van der Waals surface area contributed by atoms with Crippen molar-refractivity contribution in [1.29, 1.82) is 0 Å². The molecule has 2 atom stereocenters. The maximum atomic E-state index is 10.4. The quantitative estimate of drug-likeness (QED) is 0.541. The summed E-state index contributed by atoms with van der Waals surface area (Å²) >= 11 is 3.88. The van der Waals surface area contributed by atoms with Gasteiger partial charge in [-0.15, -0.1) is 11.6 Å². The summed E-state index contributed by atoms with van der Waals surface area (Å²) in [5.74, 6) is 0.384. The average Bonchev–Trinajstić information content (AvgIpc) is 1.88. The van der Waals surface area contributed by atoms with E-state index in [0.717, 1.165) is 6.42 Å². The van der Waals surface area contributed by atoms with Crippen LogP contribution in [0, 0.1) is 0 Å². The van der Waals surface area contributed by atoms with Gasteiger partial charge in [-0.2, -0.15) is 4.21 Å². The summed E-state index contributed by atoms with van der Waals surface area (Å²) in [5, 5.41) is 0. The molecule has 0 amide bonds. The monoisotopic (exact) mass is 170 g/mol. The summed E-state index contributed by atoms with van der Waals surface area (Å²) in [6.45, 7) is 0.476. The highest BCUT2D eigenvalue weighted by molar-refractivity contribution is 7.75. The molecule has 54 valence electrons. The Morgan fingerprint density at radius 1 is 1.78 bits per heavy atom. The van der Waals surface area contributed by atoms with Crippen molar-refractivity contribution in [2.24, 2.45) is 0 Å². The van der Waals surface area contributed by atoms with Gasteiger partial charge in [0.1, 0.15) is 0 Å². The van der Waals surface area contributed by atoms with Gasteiger partial charge in [-0.05, 0) is 0 Å². The standard InChI is InChI=1S/C4H7ClO3S/c5-3-4-1-2-7-9(6)8-4/h4H,1-3H2/t4-,9+/m1/s1. The highest BCUT2D eigenvalue weighted by Crippen LogP contribution is 2.10. The lowest BCUT2D eigenvalue weighted by atomic mass is 10.3. The fraction of sp³-hybridized carbons (Fsp3) is 1.00. The average molecular weight is 171 g/mol. The summed E-state index contributed by atoms with van der Waals surface area (Å²) in [7, 11) is 0. The van der Waals surface area contributed by atoms with Crippen molar-refractivity contribution in [3.05, 3.63) is 0 Å². The van der Waals surface area contributed by atoms with Gasteiger partial charge in [-0.25, -0.2) is 0 Å². The minimum absolute atomic E-state index is 0.0961. The first-order valence-electron chi connectivity index (χ1n) is 2.61. The highest BCUT2D eigenvalue weighted by atomic mass is 35.5. The topological polar surface area (TPSA) is 35.5 Å². The lowest BCUT2D eigenvalue weighted by molar-refractivity contribution is 0.127. The predicted octanol–water partition coefficient (Wildman–Crippen LogP) is 0.609. The Morgan fingerprint density at radius 2 is 2.56 bits per heavy atom. The molecule has 1 aliphatic rings. The molecule has 0 aliphatic carbocycles. The largest absolute Gasteiger partial charge is 0.304 e. The molecular formula is C4H7ClO3S. The molecule has 0 unspecified atom stereocenters. The van der Waals surface area contributed by atoms with Crippen molar-refractivity contribution in [3.63, 3.8) is 0 Å². The normalized spacial score (nSPS) is 36.6. The van der Waals surface area contributed by atoms with Gasteiger partial charge in [0.05, 0.1) is 18.6 Å². The van der Waals surface area contributed by atoms with Crippen molar-refractivity contribution in [2.75, 3.05) is 12.5 Å². The number of halogens is 1. The lowest BCUT2D eigenvalue weighted by Crippen LogP contribution is -2.25. The maximum Gasteiger partial charge on any atom is 0.304 e. The van der Waals surface area contributed by atoms with E-state index in [-0.39, 0.29) is 6.10 Å². The zero-order valence-corrected chi connectivity index (χ0v) is 6.28. The Hall–Kier alpha value is 0.360. The molecule has 0 aromatic heterocycles. The molecule has 0 saturated carbocycles. The molecule has 0 aromatic carbocycles. The van der Waals surface area contributed by atoms with Gasteiger partial charge in [0.25, 0.3) is 0 Å². The minimum Gasteiger partial charge on any atom is -0.268 e. The van der Waals surface area contributed by atoms with Crippen LogP contribution in [-0.4, -0.2) is 22.8 Å². The van der Waals surface area contributed by atoms with Gasteiger partial charge in [0.15, 0.2) is 0 Å². The smallest absolute Gasteiger partial charge is 0.268 e. The van der Waals surface area contributed by atoms with Gasteiger partial charge < -0.3 is 0 Å². The van der Waals surface area contributed by atoms with Crippen molar-refractivity contribution in [1.82, 2.24) is 0 Å². The van der Waals surface area contributed by atoms with E-state index in [1.54, 1.807) is 0 Å². The fourth-order valence-corrected chi connectivity index (χ4v) is 1.50. The third kappa shape index (κ3) is 2.21. The highest BCUT2D eigenvalue weighted by Gasteiger charge is 2.18. The lowest BCUT2D eigenvalue weighted by Gasteiger charge is -2.17. The van der Waals surface area contributed by atoms with Gasteiger partial charge in [-0.1, -0.05) is 0 Å². The van der Waals surface area contributed by atoms with E-state index >= 15 is 0 Å². The molecular weight excluding hydrogens is 164 g/mol. The van der Waals surface area contributed by atoms with E-state index in [1.807, 2.05) is 0 Å². The van der Waals surface area contributed by atoms with Gasteiger partial charge >= 0.3 is 11.4 Å². The van der Waals surface area contributed by atoms with Crippen molar-refractivity contribution in [3.8, 4) is 0 Å². The molecule has 0 spiro atoms. The van der Waals surface area contributed by atoms with E-state index in [2.05, 4.69) is 4.18 Å². The number of alkyl halides is 1. The zero-order valence-electron chi connectivity index (χ0n) is 4.71. The third-order valence-corrected chi connectivity index (χ3v) is 2.14. The van der Waals surface area contributed by atoms with E-state index in [9.17, 15) is 4.21 Å². The van der Waals surface area contributed by atoms with E-state index in [4.69, 9.17) is 15.8 Å². The van der Waals surface area contributed by atoms with E-state index in [0.29, 0.717) is 12.5 Å². The molecule has 1 heterocycles. The van der Waals surface area contributed by atoms with Crippen LogP contribution < -0.4 is 0 Å². The second-order valence-electron chi connectivity index (χ2n) is 1.69. The molecule has 1 saturated heterocycles. The molecule has 0 aromatic rings. The predicted molar refractivity (Wildman–Crippen MR) is 34.3 cm³/mol. The van der Waals surface area contributed by atoms with Gasteiger partial charge in [-0.3, -0.25) is 8.37 Å². The molecule has 0 bridgehead atoms. The number of hydrogen-bond acceptors (Lipinski definition) is 3. The second-order valence-corrected chi connectivity index (χ2v) is 2.83. The summed E-state index contributed by atoms with van der Waals surface area (Å²) in [6, 6.07) is 0. The third-order valence-electron chi connectivity index (χ3n) is 1.01. The van der Waals surface area contributed by atoms with E-state index in [1.165, 1.54) is 0 Å². The van der Waals surface area contributed by atoms with Crippen LogP contribution in [0.15, 0.2) is 0 Å². The molecule has 0 N–H and O–H groups in total. The van der Waals surface area contributed by atoms with Gasteiger partial charge in [0, 0.05) is 6.42 Å². The zero-order chi connectivity index (χ0) is 6.69. The van der Waals surface area contributed by atoms with Crippen LogP contribution in [0.2, 0.25) is 0 Å². The van der Waals surface area contributed by atoms with E-state index < -0.39 is 11.4 Å². The Labute approximate surface area is 61.2 Å². The Bertz CT molecular complexity index is 118. The summed E-state index contributed by atoms with van der Waals surface area (Å²) < 4.78 is 19.8. The summed E-state index contributed by atoms with van der Waals surface area (Å²) in [6.07, 6.45) is 0.635. The SMILES string of the molecule is O=[S@]1OCC[C@H](CCl)O1. The van der Waals surface area contributed by atoms with Crippen LogP contribution in [0.5, 0.6) is 0 Å². The van der Waals surface area contributed by atoms with Crippen LogP contribution in [0.3, 0.4) is 0 Å². The van der Waals surface area contributed by atoms with Crippen LogP contribution >= 0.6 is 11.6 Å². The summed E-state index contributed by atoms with van der Waals surface area (Å²) in [5.41, 5.74) is 0. The molecule has 1 aliphatic heterocycles.